The zero-order valence-corrected chi connectivity index (χ0v) is 16.3. The number of nitrogens with zero attached hydrogens (tertiary/aromatic N) is 3. The number of pyridine rings is 1. The average Bonchev–Trinajstić information content (AvgIpc) is 3.14. The van der Waals surface area contributed by atoms with Crippen LogP contribution in [0.25, 0.3) is 0 Å². The van der Waals surface area contributed by atoms with Crippen molar-refractivity contribution in [3.63, 3.8) is 0 Å². The number of rotatable bonds is 8. The molecule has 0 radical (unpaired) electrons. The van der Waals surface area contributed by atoms with Crippen LogP contribution in [0.3, 0.4) is 0 Å². The van der Waals surface area contributed by atoms with Gasteiger partial charge in [0.2, 0.25) is 5.88 Å². The van der Waals surface area contributed by atoms with E-state index in [1.54, 1.807) is 36.3 Å². The standard InChI is InChI=1S/C21H24N4O3/c1-15(2)16-4-7-19(8-5-16)28-20-9-6-17(12-22-20)21(26)24-18-13-23-25(14-18)10-11-27-3/h4-9,12-15H,10-11H2,1-3H3,(H,24,26). The Labute approximate surface area is 164 Å². The Bertz CT molecular complexity index is 902. The molecular formula is C21H24N4O3. The van der Waals surface area contributed by atoms with E-state index >= 15 is 0 Å². The van der Waals surface area contributed by atoms with Gasteiger partial charge in [-0.15, -0.1) is 0 Å². The van der Waals surface area contributed by atoms with Gasteiger partial charge in [0.25, 0.3) is 5.91 Å². The number of carbonyl (C=O) groups excluding carboxylic acids is 1. The summed E-state index contributed by atoms with van der Waals surface area (Å²) in [5.41, 5.74) is 2.30. The van der Waals surface area contributed by atoms with Crippen molar-refractivity contribution in [1.29, 1.82) is 0 Å². The molecule has 7 nitrogen and oxygen atoms in total. The number of hydrogen-bond donors (Lipinski definition) is 1. The highest BCUT2D eigenvalue weighted by molar-refractivity contribution is 6.03. The second-order valence-corrected chi connectivity index (χ2v) is 6.65. The minimum Gasteiger partial charge on any atom is -0.439 e. The van der Waals surface area contributed by atoms with Gasteiger partial charge in [-0.25, -0.2) is 4.98 Å². The van der Waals surface area contributed by atoms with Crippen LogP contribution in [0.15, 0.2) is 55.0 Å². The Morgan fingerprint density at radius 3 is 2.57 bits per heavy atom. The molecule has 1 amide bonds. The fourth-order valence-corrected chi connectivity index (χ4v) is 2.55. The summed E-state index contributed by atoms with van der Waals surface area (Å²) in [6.45, 7) is 5.47. The molecule has 2 heterocycles. The number of methoxy groups -OCH3 is 1. The molecule has 28 heavy (non-hydrogen) atoms. The minimum absolute atomic E-state index is 0.258. The van der Waals surface area contributed by atoms with Gasteiger partial charge in [0.1, 0.15) is 5.75 Å². The fourth-order valence-electron chi connectivity index (χ4n) is 2.55. The molecule has 0 spiro atoms. The first-order chi connectivity index (χ1) is 13.5. The second kappa shape index (κ2) is 9.14. The lowest BCUT2D eigenvalue weighted by atomic mass is 10.0. The van der Waals surface area contributed by atoms with Crippen LogP contribution in [0.2, 0.25) is 0 Å². The molecule has 3 rings (SSSR count). The third-order valence-electron chi connectivity index (χ3n) is 4.18. The van der Waals surface area contributed by atoms with Gasteiger partial charge in [0, 0.05) is 25.6 Å². The van der Waals surface area contributed by atoms with Gasteiger partial charge in [0.15, 0.2) is 0 Å². The van der Waals surface area contributed by atoms with Crippen LogP contribution >= 0.6 is 0 Å². The molecule has 0 aliphatic heterocycles. The summed E-state index contributed by atoms with van der Waals surface area (Å²) in [4.78, 5) is 16.6. The Kier molecular flexibility index (Phi) is 6.39. The number of aromatic nitrogens is 3. The van der Waals surface area contributed by atoms with Crippen LogP contribution in [0, 0.1) is 0 Å². The van der Waals surface area contributed by atoms with Crippen LogP contribution in [-0.4, -0.2) is 34.4 Å². The van der Waals surface area contributed by atoms with Crippen molar-refractivity contribution in [2.24, 2.45) is 0 Å². The van der Waals surface area contributed by atoms with Gasteiger partial charge in [-0.3, -0.25) is 9.48 Å². The fraction of sp³-hybridized carbons (Fsp3) is 0.286. The van der Waals surface area contributed by atoms with E-state index in [-0.39, 0.29) is 5.91 Å². The topological polar surface area (TPSA) is 78.3 Å². The first-order valence-corrected chi connectivity index (χ1v) is 9.12. The maximum atomic E-state index is 12.4. The Morgan fingerprint density at radius 1 is 1.14 bits per heavy atom. The van der Waals surface area contributed by atoms with Gasteiger partial charge < -0.3 is 14.8 Å². The summed E-state index contributed by atoms with van der Waals surface area (Å²) in [7, 11) is 1.63. The molecule has 1 N–H and O–H groups in total. The molecule has 146 valence electrons. The Balaban J connectivity index is 1.58. The molecule has 0 fully saturated rings. The van der Waals surface area contributed by atoms with Crippen molar-refractivity contribution < 1.29 is 14.3 Å². The summed E-state index contributed by atoms with van der Waals surface area (Å²) in [5, 5.41) is 6.96. The van der Waals surface area contributed by atoms with Crippen molar-refractivity contribution in [3.8, 4) is 11.6 Å². The predicted octanol–water partition coefficient (Wildman–Crippen LogP) is 4.09. The lowest BCUT2D eigenvalue weighted by Crippen LogP contribution is -2.11. The summed E-state index contributed by atoms with van der Waals surface area (Å²) in [5.74, 6) is 1.35. The number of carbonyl (C=O) groups is 1. The number of benzene rings is 1. The second-order valence-electron chi connectivity index (χ2n) is 6.65. The largest absolute Gasteiger partial charge is 0.439 e. The SMILES string of the molecule is COCCn1cc(NC(=O)c2ccc(Oc3ccc(C(C)C)cc3)nc2)cn1. The Morgan fingerprint density at radius 2 is 1.93 bits per heavy atom. The first kappa shape index (κ1) is 19.6. The maximum absolute atomic E-state index is 12.4. The molecule has 0 saturated heterocycles. The molecule has 2 aromatic heterocycles. The molecule has 0 bridgehead atoms. The molecular weight excluding hydrogens is 356 g/mol. The normalized spacial score (nSPS) is 10.9. The van der Waals surface area contributed by atoms with Crippen LogP contribution in [0.4, 0.5) is 5.69 Å². The number of amides is 1. The van der Waals surface area contributed by atoms with E-state index in [1.807, 2.05) is 24.3 Å². The number of anilines is 1. The van der Waals surface area contributed by atoms with Crippen molar-refractivity contribution >= 4 is 11.6 Å². The number of hydrogen-bond acceptors (Lipinski definition) is 5. The summed E-state index contributed by atoms with van der Waals surface area (Å²) in [6, 6.07) is 11.3. The molecule has 1 aromatic carbocycles. The Hall–Kier alpha value is -3.19. The summed E-state index contributed by atoms with van der Waals surface area (Å²) < 4.78 is 12.5. The van der Waals surface area contributed by atoms with E-state index in [9.17, 15) is 4.79 Å². The first-order valence-electron chi connectivity index (χ1n) is 9.12. The molecule has 0 atom stereocenters. The third kappa shape index (κ3) is 5.17. The number of ether oxygens (including phenoxy) is 2. The maximum Gasteiger partial charge on any atom is 0.257 e. The van der Waals surface area contributed by atoms with Crippen LogP contribution in [0.5, 0.6) is 11.6 Å². The highest BCUT2D eigenvalue weighted by Gasteiger charge is 2.09. The lowest BCUT2D eigenvalue weighted by molar-refractivity contribution is 0.102. The highest BCUT2D eigenvalue weighted by atomic mass is 16.5. The van der Waals surface area contributed by atoms with E-state index < -0.39 is 0 Å². The molecule has 3 aromatic rings. The van der Waals surface area contributed by atoms with Gasteiger partial charge in [-0.2, -0.15) is 5.10 Å². The van der Waals surface area contributed by atoms with Gasteiger partial charge in [-0.05, 0) is 29.7 Å². The van der Waals surface area contributed by atoms with Crippen molar-refractivity contribution in [2.45, 2.75) is 26.3 Å². The molecule has 0 aliphatic carbocycles. The van der Waals surface area contributed by atoms with E-state index in [0.29, 0.717) is 41.9 Å². The van der Waals surface area contributed by atoms with Crippen molar-refractivity contribution in [1.82, 2.24) is 14.8 Å². The minimum atomic E-state index is -0.258. The van der Waals surface area contributed by atoms with E-state index in [4.69, 9.17) is 9.47 Å². The summed E-state index contributed by atoms with van der Waals surface area (Å²) >= 11 is 0. The van der Waals surface area contributed by atoms with Gasteiger partial charge >= 0.3 is 0 Å². The van der Waals surface area contributed by atoms with E-state index in [2.05, 4.69) is 29.2 Å². The zero-order chi connectivity index (χ0) is 19.9. The summed E-state index contributed by atoms with van der Waals surface area (Å²) in [6.07, 6.45) is 4.84. The van der Waals surface area contributed by atoms with Crippen LogP contribution in [-0.2, 0) is 11.3 Å². The predicted molar refractivity (Wildman–Crippen MR) is 107 cm³/mol. The highest BCUT2D eigenvalue weighted by Crippen LogP contribution is 2.23. The number of nitrogens with one attached hydrogen (secondary N) is 1. The smallest absolute Gasteiger partial charge is 0.257 e. The molecule has 0 aliphatic rings. The zero-order valence-electron chi connectivity index (χ0n) is 16.3. The van der Waals surface area contributed by atoms with Gasteiger partial charge in [-0.1, -0.05) is 26.0 Å². The van der Waals surface area contributed by atoms with Crippen molar-refractivity contribution in [2.75, 3.05) is 19.0 Å². The van der Waals surface area contributed by atoms with Crippen LogP contribution < -0.4 is 10.1 Å². The van der Waals surface area contributed by atoms with Gasteiger partial charge in [0.05, 0.1) is 30.6 Å². The van der Waals surface area contributed by atoms with E-state index in [0.717, 1.165) is 0 Å². The average molecular weight is 380 g/mol. The van der Waals surface area contributed by atoms with Crippen molar-refractivity contribution in [3.05, 3.63) is 66.1 Å². The third-order valence-corrected chi connectivity index (χ3v) is 4.18. The molecule has 0 saturated carbocycles. The molecule has 7 heteroatoms. The monoisotopic (exact) mass is 380 g/mol. The lowest BCUT2D eigenvalue weighted by Gasteiger charge is -2.08. The van der Waals surface area contributed by atoms with E-state index in [1.165, 1.54) is 11.8 Å². The van der Waals surface area contributed by atoms with Crippen LogP contribution in [0.1, 0.15) is 35.7 Å². The molecule has 0 unspecified atom stereocenters. The quantitative estimate of drug-likeness (QED) is 0.637.